The first-order valence-corrected chi connectivity index (χ1v) is 7.81. The Bertz CT molecular complexity index is 712. The van der Waals surface area contributed by atoms with Crippen LogP contribution in [0.4, 0.5) is 10.2 Å². The summed E-state index contributed by atoms with van der Waals surface area (Å²) in [6.45, 7) is 1.82. The fraction of sp³-hybridized carbons (Fsp3) is 0.500. The Balaban J connectivity index is 1.82. The predicted molar refractivity (Wildman–Crippen MR) is 80.4 cm³/mol. The quantitative estimate of drug-likeness (QED) is 0.591. The fourth-order valence-corrected chi connectivity index (χ4v) is 3.52. The highest BCUT2D eigenvalue weighted by Gasteiger charge is 2.39. The van der Waals surface area contributed by atoms with Gasteiger partial charge in [-0.25, -0.2) is 14.4 Å². The van der Waals surface area contributed by atoms with Gasteiger partial charge in [-0.3, -0.25) is 0 Å². The molecule has 0 spiro atoms. The van der Waals surface area contributed by atoms with Gasteiger partial charge < -0.3 is 4.90 Å². The molecule has 0 bridgehead atoms. The zero-order valence-electron chi connectivity index (χ0n) is 11.2. The molecule has 0 aromatic carbocycles. The first-order chi connectivity index (χ1) is 10.1. The third-order valence-corrected chi connectivity index (χ3v) is 4.93. The Morgan fingerprint density at radius 1 is 1.14 bits per heavy atom. The van der Waals surface area contributed by atoms with Crippen LogP contribution in [-0.2, 0) is 0 Å². The highest BCUT2D eigenvalue weighted by atomic mass is 35.5. The van der Waals surface area contributed by atoms with E-state index in [-0.39, 0.29) is 16.0 Å². The van der Waals surface area contributed by atoms with E-state index in [1.165, 1.54) is 12.6 Å². The second-order valence-electron chi connectivity index (χ2n) is 5.76. The van der Waals surface area contributed by atoms with Gasteiger partial charge in [0.05, 0.1) is 5.39 Å². The molecule has 1 saturated heterocycles. The molecular formula is C14H13Cl2FN4. The van der Waals surface area contributed by atoms with E-state index in [2.05, 4.69) is 19.9 Å². The van der Waals surface area contributed by atoms with E-state index in [0.29, 0.717) is 11.2 Å². The molecule has 2 aromatic heterocycles. The average Bonchev–Trinajstić information content (AvgIpc) is 3.21. The fourth-order valence-electron chi connectivity index (χ4n) is 3.22. The molecule has 4 nitrogen and oxygen atoms in total. The predicted octanol–water partition coefficient (Wildman–Crippen LogP) is 3.71. The number of pyridine rings is 1. The first kappa shape index (κ1) is 13.5. The molecule has 1 aliphatic carbocycles. The maximum Gasteiger partial charge on any atom is 0.225 e. The summed E-state index contributed by atoms with van der Waals surface area (Å²) in [7, 11) is 0. The van der Waals surface area contributed by atoms with Gasteiger partial charge in [0, 0.05) is 19.3 Å². The molecule has 0 amide bonds. The molecule has 110 valence electrons. The van der Waals surface area contributed by atoms with Gasteiger partial charge in [-0.15, -0.1) is 0 Å². The summed E-state index contributed by atoms with van der Waals surface area (Å²) in [5, 5.41) is 0.408. The topological polar surface area (TPSA) is 41.9 Å². The standard InChI is InChI=1S/C14H13Cl2FN4/c15-12-10(17)11-9(6-18-12)13(20-14(16)19-11)21-3-1-7-5-8(7)2-4-21/h6-8H,1-5H2. The largest absolute Gasteiger partial charge is 0.356 e. The first-order valence-electron chi connectivity index (χ1n) is 7.05. The van der Waals surface area contributed by atoms with Gasteiger partial charge in [-0.2, -0.15) is 4.98 Å². The minimum atomic E-state index is -0.641. The smallest absolute Gasteiger partial charge is 0.225 e. The second kappa shape index (κ2) is 4.92. The normalized spacial score (nSPS) is 24.8. The van der Waals surface area contributed by atoms with Crippen LogP contribution in [0.2, 0.25) is 10.4 Å². The van der Waals surface area contributed by atoms with Crippen molar-refractivity contribution < 1.29 is 4.39 Å². The third kappa shape index (κ3) is 2.32. The number of anilines is 1. The van der Waals surface area contributed by atoms with Crippen LogP contribution < -0.4 is 4.90 Å². The summed E-state index contributed by atoms with van der Waals surface area (Å²) in [5.74, 6) is 1.72. The lowest BCUT2D eigenvalue weighted by Crippen LogP contribution is -2.26. The van der Waals surface area contributed by atoms with Crippen LogP contribution in [0.15, 0.2) is 6.20 Å². The van der Waals surface area contributed by atoms with Crippen LogP contribution in [0, 0.1) is 17.7 Å². The van der Waals surface area contributed by atoms with Crippen molar-refractivity contribution in [3.63, 3.8) is 0 Å². The number of nitrogens with zero attached hydrogens (tertiary/aromatic N) is 4. The van der Waals surface area contributed by atoms with Gasteiger partial charge in [-0.1, -0.05) is 11.6 Å². The molecule has 7 heteroatoms. The van der Waals surface area contributed by atoms with Gasteiger partial charge in [0.25, 0.3) is 0 Å². The number of aromatic nitrogens is 3. The summed E-state index contributed by atoms with van der Waals surface area (Å²) in [4.78, 5) is 14.3. The van der Waals surface area contributed by atoms with Crippen LogP contribution in [0.25, 0.3) is 10.9 Å². The highest BCUT2D eigenvalue weighted by Crippen LogP contribution is 2.46. The second-order valence-corrected chi connectivity index (χ2v) is 6.46. The molecule has 2 aliphatic rings. The lowest BCUT2D eigenvalue weighted by atomic mass is 10.2. The van der Waals surface area contributed by atoms with E-state index in [1.54, 1.807) is 0 Å². The van der Waals surface area contributed by atoms with Crippen molar-refractivity contribution in [3.05, 3.63) is 22.5 Å². The highest BCUT2D eigenvalue weighted by molar-refractivity contribution is 6.30. The number of hydrogen-bond acceptors (Lipinski definition) is 4. The van der Waals surface area contributed by atoms with E-state index < -0.39 is 5.82 Å². The van der Waals surface area contributed by atoms with E-state index in [9.17, 15) is 4.39 Å². The molecule has 0 radical (unpaired) electrons. The van der Waals surface area contributed by atoms with Crippen molar-refractivity contribution in [1.82, 2.24) is 15.0 Å². The number of rotatable bonds is 1. The van der Waals surface area contributed by atoms with E-state index >= 15 is 0 Å². The van der Waals surface area contributed by atoms with Crippen LogP contribution in [0.3, 0.4) is 0 Å². The summed E-state index contributed by atoms with van der Waals surface area (Å²) >= 11 is 11.7. The lowest BCUT2D eigenvalue weighted by Gasteiger charge is -2.23. The minimum absolute atomic E-state index is 0.0353. The molecule has 21 heavy (non-hydrogen) atoms. The molecular weight excluding hydrogens is 314 g/mol. The number of hydrogen-bond donors (Lipinski definition) is 0. The minimum Gasteiger partial charge on any atom is -0.356 e. The van der Waals surface area contributed by atoms with Gasteiger partial charge in [0.1, 0.15) is 11.3 Å². The van der Waals surface area contributed by atoms with Gasteiger partial charge in [0.2, 0.25) is 5.28 Å². The number of halogens is 3. The Labute approximate surface area is 131 Å². The number of fused-ring (bicyclic) bond motifs is 2. The van der Waals surface area contributed by atoms with E-state index in [0.717, 1.165) is 37.8 Å². The Morgan fingerprint density at radius 3 is 2.57 bits per heavy atom. The summed E-state index contributed by atoms with van der Waals surface area (Å²) in [5.41, 5.74) is 0.138. The summed E-state index contributed by atoms with van der Waals surface area (Å²) in [6.07, 6.45) is 5.18. The zero-order valence-corrected chi connectivity index (χ0v) is 12.7. The molecule has 2 atom stereocenters. The van der Waals surface area contributed by atoms with Crippen LogP contribution >= 0.6 is 23.2 Å². The van der Waals surface area contributed by atoms with Crippen LogP contribution in [0.1, 0.15) is 19.3 Å². The average molecular weight is 327 g/mol. The zero-order chi connectivity index (χ0) is 14.6. The van der Waals surface area contributed by atoms with Gasteiger partial charge >= 0.3 is 0 Å². The van der Waals surface area contributed by atoms with Crippen molar-refractivity contribution in [3.8, 4) is 0 Å². The molecule has 3 heterocycles. The molecule has 1 aliphatic heterocycles. The van der Waals surface area contributed by atoms with Crippen LogP contribution in [0.5, 0.6) is 0 Å². The van der Waals surface area contributed by atoms with Crippen molar-refractivity contribution in [2.75, 3.05) is 18.0 Å². The molecule has 4 rings (SSSR count). The van der Waals surface area contributed by atoms with Crippen molar-refractivity contribution in [1.29, 1.82) is 0 Å². The van der Waals surface area contributed by atoms with Crippen molar-refractivity contribution >= 4 is 39.9 Å². The van der Waals surface area contributed by atoms with E-state index in [4.69, 9.17) is 23.2 Å². The molecule has 0 N–H and O–H groups in total. The molecule has 2 aromatic rings. The van der Waals surface area contributed by atoms with Crippen LogP contribution in [-0.4, -0.2) is 28.0 Å². The van der Waals surface area contributed by atoms with Crippen molar-refractivity contribution in [2.45, 2.75) is 19.3 Å². The molecule has 2 fully saturated rings. The van der Waals surface area contributed by atoms with E-state index in [1.807, 2.05) is 0 Å². The molecule has 2 unspecified atom stereocenters. The summed E-state index contributed by atoms with van der Waals surface area (Å²) < 4.78 is 14.1. The third-order valence-electron chi connectivity index (χ3n) is 4.50. The Morgan fingerprint density at radius 2 is 1.86 bits per heavy atom. The Kier molecular flexibility index (Phi) is 3.15. The summed E-state index contributed by atoms with van der Waals surface area (Å²) in [6, 6.07) is 0. The maximum atomic E-state index is 14.1. The van der Waals surface area contributed by atoms with Gasteiger partial charge in [0.15, 0.2) is 11.0 Å². The monoisotopic (exact) mass is 326 g/mol. The molecule has 1 saturated carbocycles. The SMILES string of the molecule is Fc1c(Cl)ncc2c(N3CCC4CC4CC3)nc(Cl)nc12. The Hall–Kier alpha value is -1.20. The maximum absolute atomic E-state index is 14.1. The van der Waals surface area contributed by atoms with Gasteiger partial charge in [-0.05, 0) is 42.7 Å². The van der Waals surface area contributed by atoms with Crippen molar-refractivity contribution in [2.24, 2.45) is 11.8 Å². The lowest BCUT2D eigenvalue weighted by molar-refractivity contribution is 0.630.